The summed E-state index contributed by atoms with van der Waals surface area (Å²) in [6.45, 7) is 5.96. The minimum Gasteiger partial charge on any atom is -0.384 e. The van der Waals surface area contributed by atoms with E-state index < -0.39 is 17.0 Å². The van der Waals surface area contributed by atoms with E-state index in [4.69, 9.17) is 5.73 Å². The zero-order chi connectivity index (χ0) is 20.6. The zero-order valence-electron chi connectivity index (χ0n) is 16.1. The van der Waals surface area contributed by atoms with Gasteiger partial charge in [-0.15, -0.1) is 10.2 Å². The number of anilines is 1. The molecular weight excluding hydrogens is 382 g/mol. The normalized spacial score (nSPS) is 11.3. The van der Waals surface area contributed by atoms with Crippen molar-refractivity contribution in [2.75, 3.05) is 11.5 Å². The molecule has 0 aromatic carbocycles. The van der Waals surface area contributed by atoms with Gasteiger partial charge in [0, 0.05) is 25.0 Å². The summed E-state index contributed by atoms with van der Waals surface area (Å²) < 4.78 is 3.90. The van der Waals surface area contributed by atoms with Crippen LogP contribution in [0, 0.1) is 13.8 Å². The molecule has 2 N–H and O–H groups in total. The summed E-state index contributed by atoms with van der Waals surface area (Å²) in [5.41, 5.74) is 6.29. The first-order valence-corrected chi connectivity index (χ1v) is 9.69. The maximum Gasteiger partial charge on any atom is 0.332 e. The molecule has 0 amide bonds. The summed E-state index contributed by atoms with van der Waals surface area (Å²) in [6.07, 6.45) is 0.641. The lowest BCUT2D eigenvalue weighted by atomic mass is 10.2. The van der Waals surface area contributed by atoms with Crippen LogP contribution in [0.25, 0.3) is 5.78 Å². The Hall–Kier alpha value is -2.95. The highest BCUT2D eigenvalue weighted by molar-refractivity contribution is 7.99. The molecule has 10 nitrogen and oxygen atoms in total. The highest BCUT2D eigenvalue weighted by atomic mass is 32.2. The molecule has 0 saturated carbocycles. The Kier molecular flexibility index (Phi) is 5.36. The number of rotatable bonds is 6. The van der Waals surface area contributed by atoms with Gasteiger partial charge in [-0.05, 0) is 26.3 Å². The van der Waals surface area contributed by atoms with Crippen LogP contribution in [-0.2, 0) is 13.6 Å². The summed E-state index contributed by atoms with van der Waals surface area (Å²) in [5, 5.41) is 8.59. The van der Waals surface area contributed by atoms with Gasteiger partial charge in [0.25, 0.3) is 11.3 Å². The number of Topliss-reactive ketones (excluding diaryl/α,β-unsaturated/α-hetero) is 1. The lowest BCUT2D eigenvalue weighted by Gasteiger charge is -2.13. The topological polar surface area (TPSA) is 130 Å². The molecule has 0 radical (unpaired) electrons. The predicted molar refractivity (Wildman–Crippen MR) is 106 cm³/mol. The van der Waals surface area contributed by atoms with Gasteiger partial charge in [-0.1, -0.05) is 18.7 Å². The number of fused-ring (bicyclic) bond motifs is 1. The number of ketones is 1. The standard InChI is InChI=1S/C17H21N7O3S/c1-5-6-23-13(18)12(14(26)22(4)17(23)27)11(25)8-28-16-21-20-15-19-9(2)7-10(3)24(15)16/h7H,5-6,8,18H2,1-4H3. The smallest absolute Gasteiger partial charge is 0.332 e. The van der Waals surface area contributed by atoms with Crippen LogP contribution in [0.4, 0.5) is 5.82 Å². The maximum absolute atomic E-state index is 12.8. The molecule has 28 heavy (non-hydrogen) atoms. The van der Waals surface area contributed by atoms with Gasteiger partial charge in [0.2, 0.25) is 0 Å². The molecule has 0 aliphatic rings. The third-order valence-electron chi connectivity index (χ3n) is 4.30. The SMILES string of the molecule is CCCn1c(N)c(C(=O)CSc2nnc3nc(C)cc(C)n23)c(=O)n(C)c1=O. The molecule has 0 aliphatic heterocycles. The van der Waals surface area contributed by atoms with E-state index in [1.165, 1.54) is 11.6 Å². The number of aromatic nitrogens is 6. The number of hydrogen-bond donors (Lipinski definition) is 1. The van der Waals surface area contributed by atoms with Gasteiger partial charge in [-0.3, -0.25) is 23.1 Å². The van der Waals surface area contributed by atoms with Crippen LogP contribution in [0.1, 0.15) is 35.1 Å². The minimum absolute atomic E-state index is 0.0715. The number of thioether (sulfide) groups is 1. The predicted octanol–water partition coefficient (Wildman–Crippen LogP) is 0.569. The lowest BCUT2D eigenvalue weighted by Crippen LogP contribution is -2.42. The van der Waals surface area contributed by atoms with Gasteiger partial charge < -0.3 is 5.73 Å². The first-order valence-electron chi connectivity index (χ1n) is 8.70. The molecule has 3 heterocycles. The fourth-order valence-electron chi connectivity index (χ4n) is 2.98. The van der Waals surface area contributed by atoms with Gasteiger partial charge in [0.05, 0.1) is 5.75 Å². The summed E-state index contributed by atoms with van der Waals surface area (Å²) in [7, 11) is 1.34. The molecular formula is C17H21N7O3S. The van der Waals surface area contributed by atoms with Crippen LogP contribution in [0.2, 0.25) is 0 Å². The largest absolute Gasteiger partial charge is 0.384 e. The fourth-order valence-corrected chi connectivity index (χ4v) is 3.84. The average Bonchev–Trinajstić information content (AvgIpc) is 3.05. The van der Waals surface area contributed by atoms with Crippen molar-refractivity contribution in [2.24, 2.45) is 7.05 Å². The molecule has 0 saturated heterocycles. The summed E-state index contributed by atoms with van der Waals surface area (Å²) in [6, 6.07) is 1.89. The average molecular weight is 403 g/mol. The Morgan fingerprint density at radius 3 is 2.64 bits per heavy atom. The highest BCUT2D eigenvalue weighted by Crippen LogP contribution is 2.20. The van der Waals surface area contributed by atoms with Crippen LogP contribution < -0.4 is 17.0 Å². The Morgan fingerprint density at radius 1 is 1.25 bits per heavy atom. The molecule has 3 aromatic rings. The van der Waals surface area contributed by atoms with Gasteiger partial charge in [-0.2, -0.15) is 0 Å². The van der Waals surface area contributed by atoms with Crippen LogP contribution in [0.5, 0.6) is 0 Å². The first-order chi connectivity index (χ1) is 13.3. The van der Waals surface area contributed by atoms with E-state index in [0.29, 0.717) is 23.9 Å². The molecule has 0 bridgehead atoms. The molecule has 0 spiro atoms. The monoisotopic (exact) mass is 403 g/mol. The molecule has 0 unspecified atom stereocenters. The summed E-state index contributed by atoms with van der Waals surface area (Å²) in [5.74, 6) is -0.195. The second-order valence-electron chi connectivity index (χ2n) is 6.43. The van der Waals surface area contributed by atoms with E-state index in [0.717, 1.165) is 27.7 Å². The Morgan fingerprint density at radius 2 is 1.96 bits per heavy atom. The first kappa shape index (κ1) is 19.8. The molecule has 0 fully saturated rings. The van der Waals surface area contributed by atoms with Crippen molar-refractivity contribution in [1.29, 1.82) is 0 Å². The van der Waals surface area contributed by atoms with Crippen LogP contribution in [0.15, 0.2) is 20.8 Å². The summed E-state index contributed by atoms with van der Waals surface area (Å²) in [4.78, 5) is 41.8. The van der Waals surface area contributed by atoms with Crippen molar-refractivity contribution in [2.45, 2.75) is 38.9 Å². The van der Waals surface area contributed by atoms with Crippen molar-refractivity contribution in [3.8, 4) is 0 Å². The van der Waals surface area contributed by atoms with Crippen molar-refractivity contribution >= 4 is 29.1 Å². The van der Waals surface area contributed by atoms with E-state index in [9.17, 15) is 14.4 Å². The minimum atomic E-state index is -0.694. The van der Waals surface area contributed by atoms with Gasteiger partial charge in [0.1, 0.15) is 11.4 Å². The van der Waals surface area contributed by atoms with E-state index in [-0.39, 0.29) is 17.1 Å². The quantitative estimate of drug-likeness (QED) is 0.467. The van der Waals surface area contributed by atoms with Crippen molar-refractivity contribution in [3.63, 3.8) is 0 Å². The molecule has 0 aliphatic carbocycles. The van der Waals surface area contributed by atoms with Crippen molar-refractivity contribution < 1.29 is 4.79 Å². The lowest BCUT2D eigenvalue weighted by molar-refractivity contribution is 0.102. The van der Waals surface area contributed by atoms with Crippen molar-refractivity contribution in [1.82, 2.24) is 28.7 Å². The number of nitrogen functional groups attached to an aromatic ring is 1. The Bertz CT molecular complexity index is 1190. The molecule has 3 rings (SSSR count). The molecule has 11 heteroatoms. The number of hydrogen-bond acceptors (Lipinski definition) is 8. The van der Waals surface area contributed by atoms with E-state index in [1.807, 2.05) is 26.8 Å². The second kappa shape index (κ2) is 7.58. The molecule has 148 valence electrons. The second-order valence-corrected chi connectivity index (χ2v) is 7.37. The van der Waals surface area contributed by atoms with E-state index >= 15 is 0 Å². The highest BCUT2D eigenvalue weighted by Gasteiger charge is 2.22. The number of nitrogens with two attached hydrogens (primary N) is 1. The maximum atomic E-state index is 12.8. The van der Waals surface area contributed by atoms with Gasteiger partial charge in [-0.25, -0.2) is 9.78 Å². The van der Waals surface area contributed by atoms with Crippen LogP contribution >= 0.6 is 11.8 Å². The number of nitrogens with zero attached hydrogens (tertiary/aromatic N) is 6. The third kappa shape index (κ3) is 3.33. The third-order valence-corrected chi connectivity index (χ3v) is 5.23. The number of carbonyl (C=O) groups excluding carboxylic acids is 1. The zero-order valence-corrected chi connectivity index (χ0v) is 16.9. The van der Waals surface area contributed by atoms with Crippen molar-refractivity contribution in [3.05, 3.63) is 43.9 Å². The van der Waals surface area contributed by atoms with Gasteiger partial charge in [0.15, 0.2) is 10.9 Å². The van der Waals surface area contributed by atoms with Crippen LogP contribution in [0.3, 0.4) is 0 Å². The summed E-state index contributed by atoms with van der Waals surface area (Å²) >= 11 is 1.13. The Balaban J connectivity index is 1.95. The van der Waals surface area contributed by atoms with E-state index in [1.54, 1.807) is 4.40 Å². The Labute approximate surface area is 164 Å². The molecule has 0 atom stereocenters. The van der Waals surface area contributed by atoms with Gasteiger partial charge >= 0.3 is 5.69 Å². The number of aryl methyl sites for hydroxylation is 2. The fraction of sp³-hybridized carbons (Fsp3) is 0.412. The van der Waals surface area contributed by atoms with Crippen LogP contribution in [-0.4, -0.2) is 40.3 Å². The van der Waals surface area contributed by atoms with E-state index in [2.05, 4.69) is 15.2 Å². The number of carbonyl (C=O) groups is 1. The molecule has 3 aromatic heterocycles.